The van der Waals surface area contributed by atoms with Gasteiger partial charge in [0.15, 0.2) is 5.82 Å². The number of nitrogens with zero attached hydrogens (tertiary/aromatic N) is 4. The zero-order valence-electron chi connectivity index (χ0n) is 21.7. The summed E-state index contributed by atoms with van der Waals surface area (Å²) in [6.45, 7) is 9.87. The van der Waals surface area contributed by atoms with Crippen LogP contribution in [-0.2, 0) is 11.2 Å². The van der Waals surface area contributed by atoms with Crippen molar-refractivity contribution < 1.29 is 18.6 Å². The molecule has 2 aliphatic rings. The molecule has 6 nitrogen and oxygen atoms in total. The van der Waals surface area contributed by atoms with Crippen LogP contribution in [0.15, 0.2) is 30.5 Å². The summed E-state index contributed by atoms with van der Waals surface area (Å²) in [4.78, 5) is 15.7. The normalized spacial score (nSPS) is 19.1. The molecule has 4 heterocycles. The molecule has 0 radical (unpaired) electrons. The lowest BCUT2D eigenvalue weighted by atomic mass is 9.86. The molecule has 37 heavy (non-hydrogen) atoms. The van der Waals surface area contributed by atoms with Gasteiger partial charge >= 0.3 is 0 Å². The van der Waals surface area contributed by atoms with Crippen LogP contribution in [0.1, 0.15) is 51.4 Å². The lowest BCUT2D eigenvalue weighted by Gasteiger charge is -2.48. The Morgan fingerprint density at radius 1 is 1.14 bits per heavy atom. The van der Waals surface area contributed by atoms with Crippen LogP contribution in [0.3, 0.4) is 0 Å². The first-order valence-corrected chi connectivity index (χ1v) is 13.1. The lowest BCUT2D eigenvalue weighted by molar-refractivity contribution is -0.151. The van der Waals surface area contributed by atoms with E-state index in [9.17, 15) is 9.50 Å². The lowest BCUT2D eigenvalue weighted by Crippen LogP contribution is -2.56. The molecule has 2 saturated heterocycles. The first kappa shape index (κ1) is 25.3. The summed E-state index contributed by atoms with van der Waals surface area (Å²) in [6.07, 6.45) is 5.01. The number of aryl methyl sites for hydroxylation is 2. The smallest absolute Gasteiger partial charge is 0.175 e. The molecule has 0 aliphatic carbocycles. The Hall–Kier alpha value is -3.39. The fourth-order valence-corrected chi connectivity index (χ4v) is 5.60. The summed E-state index contributed by atoms with van der Waals surface area (Å²) in [7, 11) is 0. The summed E-state index contributed by atoms with van der Waals surface area (Å²) < 4.78 is 36.7. The van der Waals surface area contributed by atoms with E-state index >= 15 is 4.39 Å². The molecule has 6 rings (SSSR count). The second kappa shape index (κ2) is 9.82. The number of aromatic hydroxyl groups is 1. The second-order valence-electron chi connectivity index (χ2n) is 9.56. The highest BCUT2D eigenvalue weighted by Gasteiger charge is 2.42. The van der Waals surface area contributed by atoms with E-state index in [1.807, 2.05) is 20.8 Å². The molecule has 1 atom stereocenters. The average Bonchev–Trinajstić information content (AvgIpc) is 2.89. The van der Waals surface area contributed by atoms with Crippen molar-refractivity contribution >= 4 is 27.5 Å². The maximum absolute atomic E-state index is 16.1. The van der Waals surface area contributed by atoms with Gasteiger partial charge in [0.05, 0.1) is 17.6 Å². The number of halogens is 2. The van der Waals surface area contributed by atoms with Gasteiger partial charge in [-0.1, -0.05) is 26.8 Å². The molecule has 8 heteroatoms. The van der Waals surface area contributed by atoms with Gasteiger partial charge in [0, 0.05) is 31.3 Å². The molecule has 2 aliphatic heterocycles. The van der Waals surface area contributed by atoms with Gasteiger partial charge in [0.1, 0.15) is 34.4 Å². The van der Waals surface area contributed by atoms with Crippen LogP contribution >= 0.6 is 0 Å². The van der Waals surface area contributed by atoms with E-state index in [2.05, 4.69) is 19.9 Å². The molecule has 194 valence electrons. The van der Waals surface area contributed by atoms with Gasteiger partial charge in [-0.25, -0.2) is 18.7 Å². The van der Waals surface area contributed by atoms with E-state index in [0.717, 1.165) is 32.4 Å². The first-order chi connectivity index (χ1) is 17.9. The minimum Gasteiger partial charge on any atom is -0.508 e. The Kier molecular flexibility index (Phi) is 6.70. The molecule has 2 aromatic carbocycles. The van der Waals surface area contributed by atoms with Crippen molar-refractivity contribution in [2.75, 3.05) is 24.6 Å². The van der Waals surface area contributed by atoms with Crippen molar-refractivity contribution in [2.24, 2.45) is 0 Å². The third kappa shape index (κ3) is 4.27. The molecule has 2 aromatic heterocycles. The van der Waals surface area contributed by atoms with E-state index < -0.39 is 5.82 Å². The summed E-state index contributed by atoms with van der Waals surface area (Å²) in [5.41, 5.74) is 0.847. The number of phenols is 1. The summed E-state index contributed by atoms with van der Waals surface area (Å²) in [5, 5.41) is 12.1. The number of benzene rings is 2. The quantitative estimate of drug-likeness (QED) is 0.343. The van der Waals surface area contributed by atoms with E-state index in [1.165, 1.54) is 12.1 Å². The zero-order valence-corrected chi connectivity index (χ0v) is 21.7. The van der Waals surface area contributed by atoms with Gasteiger partial charge in [-0.05, 0) is 60.7 Å². The average molecular weight is 507 g/mol. The fourth-order valence-electron chi connectivity index (χ4n) is 5.60. The predicted octanol–water partition coefficient (Wildman–Crippen LogP) is 6.49. The van der Waals surface area contributed by atoms with E-state index in [0.29, 0.717) is 51.9 Å². The molecule has 2 fully saturated rings. The number of anilines is 1. The van der Waals surface area contributed by atoms with Gasteiger partial charge in [0.25, 0.3) is 0 Å². The largest absolute Gasteiger partial charge is 0.508 e. The number of ether oxygens (including phenoxy) is 1. The van der Waals surface area contributed by atoms with E-state index in [4.69, 9.17) is 4.74 Å². The molecule has 1 N–H and O–H groups in total. The minimum absolute atomic E-state index is 0.0280. The number of hydrogen-bond donors (Lipinski definition) is 1. The van der Waals surface area contributed by atoms with Gasteiger partial charge in [-0.15, -0.1) is 0 Å². The van der Waals surface area contributed by atoms with Crippen LogP contribution in [0, 0.1) is 18.6 Å². The van der Waals surface area contributed by atoms with Gasteiger partial charge in [-0.2, -0.15) is 0 Å². The van der Waals surface area contributed by atoms with Gasteiger partial charge < -0.3 is 14.7 Å². The fraction of sp³-hybridized carbons (Fsp3) is 0.414. The predicted molar refractivity (Wildman–Crippen MR) is 142 cm³/mol. The monoisotopic (exact) mass is 506 g/mol. The second-order valence-corrected chi connectivity index (χ2v) is 9.56. The maximum atomic E-state index is 16.1. The van der Waals surface area contributed by atoms with Crippen LogP contribution in [0.25, 0.3) is 32.9 Å². The number of fused-ring (bicyclic) bond motifs is 2. The van der Waals surface area contributed by atoms with Crippen LogP contribution in [0.4, 0.5) is 14.6 Å². The Morgan fingerprint density at radius 3 is 2.62 bits per heavy atom. The van der Waals surface area contributed by atoms with Crippen molar-refractivity contribution in [1.82, 2.24) is 15.0 Å². The Morgan fingerprint density at radius 2 is 1.92 bits per heavy atom. The Balaban J connectivity index is 0.00000137. The Bertz CT molecular complexity index is 1490. The molecule has 0 amide bonds. The molecule has 0 bridgehead atoms. The Labute approximate surface area is 215 Å². The molecule has 1 unspecified atom stereocenters. The SMILES string of the molecule is CC.CCc1c(F)ccc2cc(O)cc(-c3ncc4c(N5CCCC6(CCO6)C5)nc(C)nc4c3F)c12. The summed E-state index contributed by atoms with van der Waals surface area (Å²) in [5.74, 6) is 0.0888. The third-order valence-corrected chi connectivity index (χ3v) is 7.34. The maximum Gasteiger partial charge on any atom is 0.175 e. The zero-order chi connectivity index (χ0) is 26.3. The highest BCUT2D eigenvalue weighted by molar-refractivity contribution is 6.01. The summed E-state index contributed by atoms with van der Waals surface area (Å²) >= 11 is 0. The van der Waals surface area contributed by atoms with Crippen LogP contribution in [0.2, 0.25) is 0 Å². The topological polar surface area (TPSA) is 71.4 Å². The minimum atomic E-state index is -0.612. The van der Waals surface area contributed by atoms with Crippen LogP contribution in [0.5, 0.6) is 5.75 Å². The first-order valence-electron chi connectivity index (χ1n) is 13.1. The van der Waals surface area contributed by atoms with Crippen molar-refractivity contribution in [2.45, 2.75) is 59.0 Å². The van der Waals surface area contributed by atoms with E-state index in [-0.39, 0.29) is 28.4 Å². The number of aromatic nitrogens is 3. The van der Waals surface area contributed by atoms with E-state index in [1.54, 1.807) is 25.3 Å². The highest BCUT2D eigenvalue weighted by atomic mass is 19.1. The molecular formula is C29H32F2N4O2. The molecular weight excluding hydrogens is 474 g/mol. The standard InChI is InChI=1S/C27H26F2N4O2.C2H6/c1-3-18-21(28)6-5-16-11-17(34)12-19(22(16)18)24-23(29)25-20(13-30-24)26(32-15(2)31-25)33-9-4-7-27(14-33)8-10-35-27;1-2/h5-6,11-13,34H,3-4,7-10,14H2,1-2H3;1-2H3. The van der Waals surface area contributed by atoms with Gasteiger partial charge in [0.2, 0.25) is 0 Å². The van der Waals surface area contributed by atoms with Crippen molar-refractivity contribution in [3.8, 4) is 17.0 Å². The van der Waals surface area contributed by atoms with Crippen LogP contribution in [-0.4, -0.2) is 45.4 Å². The number of phenolic OH excluding ortho intramolecular Hbond substituents is 1. The van der Waals surface area contributed by atoms with Crippen molar-refractivity contribution in [3.63, 3.8) is 0 Å². The number of rotatable bonds is 3. The molecule has 1 spiro atoms. The third-order valence-electron chi connectivity index (χ3n) is 7.34. The molecule has 0 saturated carbocycles. The number of piperidine rings is 1. The molecule has 4 aromatic rings. The highest BCUT2D eigenvalue weighted by Crippen LogP contribution is 2.40. The number of hydrogen-bond acceptors (Lipinski definition) is 6. The summed E-state index contributed by atoms with van der Waals surface area (Å²) in [6, 6.07) is 5.95. The van der Waals surface area contributed by atoms with Gasteiger partial charge in [-0.3, -0.25) is 4.98 Å². The van der Waals surface area contributed by atoms with Crippen molar-refractivity contribution in [1.29, 1.82) is 0 Å². The number of pyridine rings is 1. The van der Waals surface area contributed by atoms with Crippen LogP contribution < -0.4 is 4.90 Å². The van der Waals surface area contributed by atoms with Crippen molar-refractivity contribution in [3.05, 3.63) is 53.5 Å².